The molecule has 1 aromatic carbocycles. The van der Waals surface area contributed by atoms with Gasteiger partial charge in [-0.25, -0.2) is 0 Å². The number of primary amides is 1. The van der Waals surface area contributed by atoms with E-state index in [0.29, 0.717) is 12.1 Å². The number of nitrogens with one attached hydrogen (secondary N) is 1. The van der Waals surface area contributed by atoms with Crippen LogP contribution in [0.5, 0.6) is 0 Å². The lowest BCUT2D eigenvalue weighted by Gasteiger charge is -2.45. The maximum atomic E-state index is 11.5. The first-order valence-electron chi connectivity index (χ1n) is 7.87. The Balaban J connectivity index is 0.00000288. The van der Waals surface area contributed by atoms with Gasteiger partial charge in [-0.05, 0) is 23.3 Å². The lowest BCUT2D eigenvalue weighted by molar-refractivity contribution is 0.0344. The van der Waals surface area contributed by atoms with Crippen molar-refractivity contribution in [1.29, 1.82) is 0 Å². The molecule has 7 heteroatoms. The maximum Gasteiger partial charge on any atom is 0.248 e. The molecule has 2 rings (SSSR count). The van der Waals surface area contributed by atoms with Crippen molar-refractivity contribution in [3.63, 3.8) is 0 Å². The molecule has 0 saturated carbocycles. The largest absolute Gasteiger partial charge is 0.395 e. The van der Waals surface area contributed by atoms with Crippen LogP contribution in [0, 0.1) is 0 Å². The van der Waals surface area contributed by atoms with Gasteiger partial charge in [0.25, 0.3) is 0 Å². The van der Waals surface area contributed by atoms with Crippen molar-refractivity contribution in [2.75, 3.05) is 20.3 Å². The number of hydrogen-bond donors (Lipinski definition) is 4. The number of amides is 1. The Labute approximate surface area is 149 Å². The van der Waals surface area contributed by atoms with Crippen molar-refractivity contribution in [1.82, 2.24) is 5.32 Å². The Morgan fingerprint density at radius 2 is 2.17 bits per heavy atom. The summed E-state index contributed by atoms with van der Waals surface area (Å²) >= 11 is 0. The number of fused-ring (bicyclic) bond motifs is 1. The smallest absolute Gasteiger partial charge is 0.248 e. The minimum atomic E-state index is -0.427. The molecular formula is C17H28ClN3O3. The zero-order chi connectivity index (χ0) is 17.2. The van der Waals surface area contributed by atoms with E-state index in [4.69, 9.17) is 21.3 Å². The molecule has 24 heavy (non-hydrogen) atoms. The van der Waals surface area contributed by atoms with Crippen molar-refractivity contribution >= 4 is 18.3 Å². The quantitative estimate of drug-likeness (QED) is 0.586. The summed E-state index contributed by atoms with van der Waals surface area (Å²) in [6.45, 7) is 4.66. The molecule has 0 fully saturated rings. The molecule has 0 spiro atoms. The average Bonchev–Trinajstić information content (AvgIpc) is 2.52. The third-order valence-electron chi connectivity index (χ3n) is 4.80. The van der Waals surface area contributed by atoms with Gasteiger partial charge in [0.2, 0.25) is 5.91 Å². The zero-order valence-electron chi connectivity index (χ0n) is 14.4. The van der Waals surface area contributed by atoms with Gasteiger partial charge in [0, 0.05) is 43.1 Å². The molecule has 0 aromatic heterocycles. The Bertz CT molecular complexity index is 580. The minimum Gasteiger partial charge on any atom is -0.395 e. The SMILES string of the molecule is CO[C@H]1Cc2ccc(C(N)=O)cc2C(C)(C)[C@@H]1NC[C@@H](N)CO.Cl. The van der Waals surface area contributed by atoms with Gasteiger partial charge < -0.3 is 26.6 Å². The maximum absolute atomic E-state index is 11.5. The Morgan fingerprint density at radius 3 is 2.71 bits per heavy atom. The third kappa shape index (κ3) is 4.07. The normalized spacial score (nSPS) is 23.0. The highest BCUT2D eigenvalue weighted by molar-refractivity contribution is 5.93. The molecule has 1 aliphatic carbocycles. The standard InChI is InChI=1S/C17H27N3O3.ClH/c1-17(2)13-6-11(16(19)22)5-4-10(13)7-14(23-3)15(17)20-8-12(18)9-21;/h4-6,12,14-15,20-21H,7-9,18H2,1-3H3,(H2,19,22);1H/t12-,14+,15-;/m1./s1. The number of methoxy groups -OCH3 is 1. The fourth-order valence-corrected chi connectivity index (χ4v) is 3.42. The van der Waals surface area contributed by atoms with Gasteiger partial charge in [0.1, 0.15) is 0 Å². The van der Waals surface area contributed by atoms with Crippen LogP contribution >= 0.6 is 12.4 Å². The summed E-state index contributed by atoms with van der Waals surface area (Å²) in [7, 11) is 1.70. The number of nitrogens with two attached hydrogens (primary N) is 2. The molecule has 6 N–H and O–H groups in total. The monoisotopic (exact) mass is 357 g/mol. The Kier molecular flexibility index (Phi) is 7.19. The average molecular weight is 358 g/mol. The van der Waals surface area contributed by atoms with Gasteiger partial charge >= 0.3 is 0 Å². The minimum absolute atomic E-state index is 0. The van der Waals surface area contributed by atoms with Crippen LogP contribution in [-0.4, -0.2) is 49.5 Å². The summed E-state index contributed by atoms with van der Waals surface area (Å²) in [5.41, 5.74) is 13.7. The first-order chi connectivity index (χ1) is 10.8. The summed E-state index contributed by atoms with van der Waals surface area (Å²) in [6, 6.07) is 5.30. The van der Waals surface area contributed by atoms with Crippen LogP contribution in [0.15, 0.2) is 18.2 Å². The number of carbonyl (C=O) groups is 1. The summed E-state index contributed by atoms with van der Waals surface area (Å²) in [6.07, 6.45) is 0.739. The highest BCUT2D eigenvalue weighted by Crippen LogP contribution is 2.38. The van der Waals surface area contributed by atoms with Gasteiger partial charge in [-0.2, -0.15) is 0 Å². The Hall–Kier alpha value is -1.18. The molecule has 0 saturated heterocycles. The topological polar surface area (TPSA) is 111 Å². The molecule has 0 unspecified atom stereocenters. The van der Waals surface area contributed by atoms with E-state index in [9.17, 15) is 4.79 Å². The van der Waals surface area contributed by atoms with Gasteiger partial charge in [-0.3, -0.25) is 4.79 Å². The van der Waals surface area contributed by atoms with Crippen molar-refractivity contribution in [3.05, 3.63) is 34.9 Å². The molecule has 3 atom stereocenters. The molecule has 136 valence electrons. The van der Waals surface area contributed by atoms with Gasteiger partial charge in [0.15, 0.2) is 0 Å². The fourth-order valence-electron chi connectivity index (χ4n) is 3.42. The second-order valence-corrected chi connectivity index (χ2v) is 6.76. The Morgan fingerprint density at radius 1 is 1.50 bits per heavy atom. The van der Waals surface area contributed by atoms with Crippen molar-refractivity contribution in [3.8, 4) is 0 Å². The molecule has 6 nitrogen and oxygen atoms in total. The summed E-state index contributed by atoms with van der Waals surface area (Å²) in [5, 5.41) is 12.6. The van der Waals surface area contributed by atoms with Crippen LogP contribution in [0.25, 0.3) is 0 Å². The number of ether oxygens (including phenoxy) is 1. The van der Waals surface area contributed by atoms with E-state index in [1.165, 1.54) is 0 Å². The van der Waals surface area contributed by atoms with E-state index >= 15 is 0 Å². The number of benzene rings is 1. The van der Waals surface area contributed by atoms with Crippen LogP contribution in [-0.2, 0) is 16.6 Å². The van der Waals surface area contributed by atoms with Gasteiger partial charge in [0.05, 0.1) is 12.7 Å². The molecule has 0 aliphatic heterocycles. The van der Waals surface area contributed by atoms with E-state index < -0.39 is 5.91 Å². The molecule has 0 bridgehead atoms. The lowest BCUT2D eigenvalue weighted by Crippen LogP contribution is -2.58. The summed E-state index contributed by atoms with van der Waals surface area (Å²) in [4.78, 5) is 11.5. The second-order valence-electron chi connectivity index (χ2n) is 6.76. The van der Waals surface area contributed by atoms with E-state index in [2.05, 4.69) is 19.2 Å². The summed E-state index contributed by atoms with van der Waals surface area (Å²) in [5.74, 6) is -0.427. The highest BCUT2D eigenvalue weighted by atomic mass is 35.5. The van der Waals surface area contributed by atoms with Crippen LogP contribution < -0.4 is 16.8 Å². The van der Waals surface area contributed by atoms with Crippen molar-refractivity contribution in [2.45, 2.75) is 43.9 Å². The van der Waals surface area contributed by atoms with Crippen LogP contribution in [0.1, 0.15) is 35.3 Å². The zero-order valence-corrected chi connectivity index (χ0v) is 15.2. The molecule has 1 amide bonds. The highest BCUT2D eigenvalue weighted by Gasteiger charge is 2.42. The predicted molar refractivity (Wildman–Crippen MR) is 96.6 cm³/mol. The molecule has 0 radical (unpaired) electrons. The third-order valence-corrected chi connectivity index (χ3v) is 4.80. The van der Waals surface area contributed by atoms with Crippen LogP contribution in [0.2, 0.25) is 0 Å². The fraction of sp³-hybridized carbons (Fsp3) is 0.588. The number of hydrogen-bond acceptors (Lipinski definition) is 5. The van der Waals surface area contributed by atoms with Crippen molar-refractivity contribution in [2.24, 2.45) is 11.5 Å². The number of aliphatic hydroxyl groups excluding tert-OH is 1. The van der Waals surface area contributed by atoms with E-state index in [0.717, 1.165) is 17.5 Å². The first-order valence-corrected chi connectivity index (χ1v) is 7.87. The van der Waals surface area contributed by atoms with E-state index in [1.807, 2.05) is 12.1 Å². The van der Waals surface area contributed by atoms with Crippen LogP contribution in [0.3, 0.4) is 0 Å². The first kappa shape index (κ1) is 20.9. The predicted octanol–water partition coefficient (Wildman–Crippen LogP) is 0.334. The van der Waals surface area contributed by atoms with E-state index in [1.54, 1.807) is 13.2 Å². The number of halogens is 1. The lowest BCUT2D eigenvalue weighted by atomic mass is 9.67. The van der Waals surface area contributed by atoms with E-state index in [-0.39, 0.29) is 42.6 Å². The number of carbonyl (C=O) groups excluding carboxylic acids is 1. The molecule has 1 aliphatic rings. The van der Waals surface area contributed by atoms with Crippen LogP contribution in [0.4, 0.5) is 0 Å². The van der Waals surface area contributed by atoms with Crippen molar-refractivity contribution < 1.29 is 14.6 Å². The number of rotatable bonds is 6. The van der Waals surface area contributed by atoms with Gasteiger partial charge in [-0.1, -0.05) is 19.9 Å². The molecule has 0 heterocycles. The summed E-state index contributed by atoms with van der Waals surface area (Å²) < 4.78 is 5.68. The van der Waals surface area contributed by atoms with Gasteiger partial charge in [-0.15, -0.1) is 12.4 Å². The molecule has 1 aromatic rings. The molecular weight excluding hydrogens is 330 g/mol. The number of aliphatic hydroxyl groups is 1. The second kappa shape index (κ2) is 8.27.